The Balaban J connectivity index is 1.62. The lowest BCUT2D eigenvalue weighted by Gasteiger charge is -2.50. The largest absolute Gasteiger partial charge is 0.413 e. The molecule has 0 aliphatic heterocycles. The van der Waals surface area contributed by atoms with E-state index in [1.165, 1.54) is 6.20 Å². The van der Waals surface area contributed by atoms with Crippen LogP contribution in [0.25, 0.3) is 11.6 Å². The molecule has 188 valence electrons. The molecule has 1 aromatic rings. The summed E-state index contributed by atoms with van der Waals surface area (Å²) in [4.78, 5) is 0. The molecule has 4 unspecified atom stereocenters. The number of allylic oxidation sites excluding steroid dienone is 3. The predicted octanol–water partition coefficient (Wildman–Crippen LogP) is 5.48. The van der Waals surface area contributed by atoms with Crippen LogP contribution in [0.4, 0.5) is 18.9 Å². The van der Waals surface area contributed by atoms with Crippen molar-refractivity contribution in [2.45, 2.75) is 69.8 Å². The van der Waals surface area contributed by atoms with E-state index in [9.17, 15) is 23.4 Å². The number of rotatable bonds is 2. The summed E-state index contributed by atoms with van der Waals surface area (Å²) < 4.78 is 43.7. The van der Waals surface area contributed by atoms with E-state index in [1.54, 1.807) is 18.2 Å². The number of fused-ring (bicyclic) bond motifs is 4. The number of anilines is 1. The van der Waals surface area contributed by atoms with Crippen molar-refractivity contribution in [3.8, 4) is 0 Å². The average molecular weight is 487 g/mol. The minimum Gasteiger partial charge on any atom is -0.405 e. The molecule has 4 aliphatic carbocycles. The van der Waals surface area contributed by atoms with Crippen molar-refractivity contribution in [1.29, 1.82) is 0 Å². The Hall–Kier alpha value is -2.51. The Morgan fingerprint density at radius 1 is 1.17 bits per heavy atom. The first-order valence-electron chi connectivity index (χ1n) is 12.4. The Morgan fingerprint density at radius 2 is 1.94 bits per heavy atom. The SMILES string of the molecule is CC12CC(C(F)(F)F)=C3C=C4CC(O)CCC4CC[C@]3(O)C1CC=C2c1ccc(/C=C\N)c(N)c1. The summed E-state index contributed by atoms with van der Waals surface area (Å²) in [6.07, 6.45) is 4.54. The smallest absolute Gasteiger partial charge is 0.405 e. The summed E-state index contributed by atoms with van der Waals surface area (Å²) in [7, 11) is 0. The summed E-state index contributed by atoms with van der Waals surface area (Å²) in [5.74, 6) is -0.268. The number of aliphatic hydroxyl groups excluding tert-OH is 1. The van der Waals surface area contributed by atoms with Crippen molar-refractivity contribution < 1.29 is 23.4 Å². The molecule has 7 heteroatoms. The van der Waals surface area contributed by atoms with Crippen molar-refractivity contribution in [1.82, 2.24) is 0 Å². The number of alkyl halides is 3. The van der Waals surface area contributed by atoms with Gasteiger partial charge >= 0.3 is 6.18 Å². The van der Waals surface area contributed by atoms with Gasteiger partial charge in [-0.2, -0.15) is 13.2 Å². The van der Waals surface area contributed by atoms with Gasteiger partial charge in [0.1, 0.15) is 0 Å². The number of benzene rings is 1. The van der Waals surface area contributed by atoms with E-state index in [-0.39, 0.29) is 30.3 Å². The highest BCUT2D eigenvalue weighted by Crippen LogP contribution is 2.64. The third kappa shape index (κ3) is 3.84. The minimum absolute atomic E-state index is 0.0247. The van der Waals surface area contributed by atoms with Gasteiger partial charge in [0, 0.05) is 22.6 Å². The molecule has 0 saturated heterocycles. The van der Waals surface area contributed by atoms with Gasteiger partial charge in [-0.05, 0) is 91.5 Å². The van der Waals surface area contributed by atoms with Gasteiger partial charge in [0.2, 0.25) is 0 Å². The highest BCUT2D eigenvalue weighted by Gasteiger charge is 2.60. The number of aliphatic hydroxyl groups is 2. The first-order valence-corrected chi connectivity index (χ1v) is 12.4. The van der Waals surface area contributed by atoms with Crippen LogP contribution in [0.2, 0.25) is 0 Å². The van der Waals surface area contributed by atoms with E-state index in [2.05, 4.69) is 0 Å². The van der Waals surface area contributed by atoms with E-state index < -0.39 is 28.9 Å². The summed E-state index contributed by atoms with van der Waals surface area (Å²) in [6, 6.07) is 5.48. The van der Waals surface area contributed by atoms with Gasteiger partial charge in [0.05, 0.1) is 11.7 Å². The zero-order valence-electron chi connectivity index (χ0n) is 19.9. The van der Waals surface area contributed by atoms with Crippen molar-refractivity contribution in [2.24, 2.45) is 23.0 Å². The Labute approximate surface area is 203 Å². The molecule has 1 saturated carbocycles. The molecule has 35 heavy (non-hydrogen) atoms. The predicted molar refractivity (Wildman–Crippen MR) is 132 cm³/mol. The van der Waals surface area contributed by atoms with Crippen LogP contribution < -0.4 is 11.5 Å². The maximum Gasteiger partial charge on any atom is 0.413 e. The molecule has 0 heterocycles. The standard InChI is InChI=1S/C28H33F3N2O2/c1-26-15-23(28(29,30)31)22-13-19-12-20(34)5-4-16(19)8-10-27(22,35)25(26)7-6-21(26)18-3-2-17(9-11-32)24(33)14-18/h2-3,6,9,11,13-14,16,20,25,34-35H,4-5,7-8,10,12,15,32-33H2,1H3/b11-9-/t16?,20?,25?,26?,27-/m1/s1. The maximum atomic E-state index is 14.6. The highest BCUT2D eigenvalue weighted by atomic mass is 19.4. The van der Waals surface area contributed by atoms with Gasteiger partial charge in [0.25, 0.3) is 0 Å². The van der Waals surface area contributed by atoms with Gasteiger partial charge in [-0.1, -0.05) is 36.8 Å². The number of nitrogen functional groups attached to an aromatic ring is 1. The first kappa shape index (κ1) is 24.2. The van der Waals surface area contributed by atoms with Gasteiger partial charge in [-0.15, -0.1) is 0 Å². The molecule has 0 bridgehead atoms. The molecular formula is C28H33F3N2O2. The molecule has 0 radical (unpaired) electrons. The quantitative estimate of drug-likeness (QED) is 0.417. The third-order valence-electron chi connectivity index (χ3n) is 8.92. The van der Waals surface area contributed by atoms with E-state index in [1.807, 2.05) is 25.1 Å². The normalized spacial score (nSPS) is 35.2. The van der Waals surface area contributed by atoms with Crippen LogP contribution in [-0.2, 0) is 0 Å². The summed E-state index contributed by atoms with van der Waals surface area (Å²) in [6.45, 7) is 1.86. The van der Waals surface area contributed by atoms with E-state index in [0.717, 1.165) is 28.7 Å². The highest BCUT2D eigenvalue weighted by molar-refractivity contribution is 5.78. The van der Waals surface area contributed by atoms with Gasteiger partial charge < -0.3 is 21.7 Å². The monoisotopic (exact) mass is 486 g/mol. The lowest BCUT2D eigenvalue weighted by molar-refractivity contribution is -0.113. The molecule has 1 aromatic carbocycles. The molecule has 0 spiro atoms. The Morgan fingerprint density at radius 3 is 2.63 bits per heavy atom. The van der Waals surface area contributed by atoms with E-state index >= 15 is 0 Å². The van der Waals surface area contributed by atoms with E-state index in [0.29, 0.717) is 31.4 Å². The number of hydrogen-bond donors (Lipinski definition) is 4. The second-order valence-electron chi connectivity index (χ2n) is 10.9. The Bertz CT molecular complexity index is 1170. The topological polar surface area (TPSA) is 92.5 Å². The van der Waals surface area contributed by atoms with E-state index in [4.69, 9.17) is 11.5 Å². The molecule has 4 nitrogen and oxygen atoms in total. The number of hydrogen-bond acceptors (Lipinski definition) is 4. The van der Waals surface area contributed by atoms with Crippen LogP contribution in [0, 0.1) is 17.3 Å². The molecule has 4 aliphatic rings. The number of halogens is 3. The first-order chi connectivity index (χ1) is 16.5. The van der Waals surface area contributed by atoms with Crippen molar-refractivity contribution in [3.63, 3.8) is 0 Å². The number of nitrogens with two attached hydrogens (primary N) is 2. The fraction of sp³-hybridized carbons (Fsp3) is 0.500. The summed E-state index contributed by atoms with van der Waals surface area (Å²) >= 11 is 0. The zero-order chi connectivity index (χ0) is 25.2. The second kappa shape index (κ2) is 8.27. The third-order valence-corrected chi connectivity index (χ3v) is 8.92. The van der Waals surface area contributed by atoms with Gasteiger partial charge in [0.15, 0.2) is 0 Å². The fourth-order valence-corrected chi connectivity index (χ4v) is 7.19. The summed E-state index contributed by atoms with van der Waals surface area (Å²) in [5, 5.41) is 22.3. The molecule has 6 N–H and O–H groups in total. The van der Waals surface area contributed by atoms with Crippen LogP contribution in [0.1, 0.15) is 63.0 Å². The fourth-order valence-electron chi connectivity index (χ4n) is 7.19. The lowest BCUT2D eigenvalue weighted by Crippen LogP contribution is -2.51. The molecule has 0 aromatic heterocycles. The van der Waals surface area contributed by atoms with Crippen LogP contribution >= 0.6 is 0 Å². The molecule has 1 fully saturated rings. The minimum atomic E-state index is -4.57. The van der Waals surface area contributed by atoms with Crippen molar-refractivity contribution in [2.75, 3.05) is 5.73 Å². The average Bonchev–Trinajstić information content (AvgIpc) is 3.06. The van der Waals surface area contributed by atoms with Gasteiger partial charge in [-0.25, -0.2) is 0 Å². The van der Waals surface area contributed by atoms with Gasteiger partial charge in [-0.3, -0.25) is 0 Å². The molecule has 5 rings (SSSR count). The van der Waals surface area contributed by atoms with Crippen LogP contribution in [0.5, 0.6) is 0 Å². The molecule has 0 amide bonds. The maximum absolute atomic E-state index is 14.6. The second-order valence-corrected chi connectivity index (χ2v) is 10.9. The molecule has 5 atom stereocenters. The Kier molecular flexibility index (Phi) is 5.72. The van der Waals surface area contributed by atoms with Crippen LogP contribution in [-0.4, -0.2) is 28.1 Å². The zero-order valence-corrected chi connectivity index (χ0v) is 19.9. The van der Waals surface area contributed by atoms with Crippen LogP contribution in [0.3, 0.4) is 0 Å². The van der Waals surface area contributed by atoms with Crippen molar-refractivity contribution >= 4 is 17.3 Å². The van der Waals surface area contributed by atoms with Crippen molar-refractivity contribution in [3.05, 3.63) is 64.4 Å². The lowest BCUT2D eigenvalue weighted by atomic mass is 9.56. The van der Waals surface area contributed by atoms with Crippen LogP contribution in [0.15, 0.2) is 53.3 Å². The molecular weight excluding hydrogens is 453 g/mol. The summed E-state index contributed by atoms with van der Waals surface area (Å²) in [5.41, 5.74) is 12.3.